The van der Waals surface area contributed by atoms with Gasteiger partial charge in [0.25, 0.3) is 5.56 Å². The topological polar surface area (TPSA) is 59.3 Å². The lowest BCUT2D eigenvalue weighted by Crippen LogP contribution is -2.29. The number of aromatic carboxylic acids is 1. The van der Waals surface area contributed by atoms with Crippen molar-refractivity contribution < 1.29 is 9.90 Å². The van der Waals surface area contributed by atoms with E-state index in [1.165, 1.54) is 0 Å². The van der Waals surface area contributed by atoms with E-state index < -0.39 is 11.5 Å². The largest absolute Gasteiger partial charge is 0.477 e. The van der Waals surface area contributed by atoms with Crippen LogP contribution in [-0.4, -0.2) is 15.6 Å². The molecular weight excluding hydrogens is 206 g/mol. The number of aromatic nitrogens is 1. The molecule has 0 amide bonds. The van der Waals surface area contributed by atoms with E-state index in [2.05, 4.69) is 0 Å². The minimum atomic E-state index is -1.15. The fourth-order valence-corrected chi connectivity index (χ4v) is 1.78. The first-order chi connectivity index (χ1) is 7.49. The predicted molar refractivity (Wildman–Crippen MR) is 62.0 cm³/mol. The van der Waals surface area contributed by atoms with Crippen molar-refractivity contribution in [1.82, 2.24) is 4.57 Å². The number of pyridine rings is 1. The van der Waals surface area contributed by atoms with Crippen LogP contribution in [0.15, 0.2) is 10.9 Å². The zero-order valence-corrected chi connectivity index (χ0v) is 9.91. The van der Waals surface area contributed by atoms with Crippen LogP contribution < -0.4 is 5.56 Å². The average Bonchev–Trinajstić information content (AvgIpc) is 2.16. The van der Waals surface area contributed by atoms with E-state index >= 15 is 0 Å². The van der Waals surface area contributed by atoms with Crippen molar-refractivity contribution in [2.24, 2.45) is 0 Å². The molecule has 0 radical (unpaired) electrons. The van der Waals surface area contributed by atoms with Crippen LogP contribution in [0.5, 0.6) is 0 Å². The minimum absolute atomic E-state index is 0.110. The molecular formula is C12H17NO3. The third kappa shape index (κ3) is 2.32. The molecule has 88 valence electrons. The molecule has 4 heteroatoms. The van der Waals surface area contributed by atoms with Gasteiger partial charge >= 0.3 is 5.97 Å². The van der Waals surface area contributed by atoms with E-state index in [-0.39, 0.29) is 5.56 Å². The molecule has 0 spiro atoms. The summed E-state index contributed by atoms with van der Waals surface area (Å²) in [4.78, 5) is 22.9. The van der Waals surface area contributed by atoms with Gasteiger partial charge in [-0.3, -0.25) is 4.79 Å². The standard InChI is InChI=1S/C12H17NO3/c1-4-5-6-13-9(3)7-8(2)10(11(13)14)12(15)16/h7H,4-6H2,1-3H3,(H,15,16). The van der Waals surface area contributed by atoms with Gasteiger partial charge in [0, 0.05) is 12.2 Å². The maximum atomic E-state index is 11.9. The molecule has 1 N–H and O–H groups in total. The first-order valence-corrected chi connectivity index (χ1v) is 5.43. The van der Waals surface area contributed by atoms with Crippen LogP contribution in [0.3, 0.4) is 0 Å². The number of rotatable bonds is 4. The summed E-state index contributed by atoms with van der Waals surface area (Å²) >= 11 is 0. The summed E-state index contributed by atoms with van der Waals surface area (Å²) in [5.74, 6) is -1.15. The number of hydrogen-bond donors (Lipinski definition) is 1. The highest BCUT2D eigenvalue weighted by molar-refractivity contribution is 5.88. The van der Waals surface area contributed by atoms with Crippen LogP contribution in [0.25, 0.3) is 0 Å². The Morgan fingerprint density at radius 3 is 2.56 bits per heavy atom. The Hall–Kier alpha value is -1.58. The molecule has 16 heavy (non-hydrogen) atoms. The number of carbonyl (C=O) groups is 1. The Labute approximate surface area is 94.5 Å². The van der Waals surface area contributed by atoms with Crippen LogP contribution >= 0.6 is 0 Å². The van der Waals surface area contributed by atoms with Gasteiger partial charge < -0.3 is 9.67 Å². The Balaban J connectivity index is 3.34. The summed E-state index contributed by atoms with van der Waals surface area (Å²) in [6, 6.07) is 1.75. The number of aryl methyl sites for hydroxylation is 2. The third-order valence-electron chi connectivity index (χ3n) is 2.65. The van der Waals surface area contributed by atoms with Crippen molar-refractivity contribution in [3.05, 3.63) is 33.2 Å². The van der Waals surface area contributed by atoms with E-state index in [0.29, 0.717) is 12.1 Å². The van der Waals surface area contributed by atoms with Gasteiger partial charge in [0.05, 0.1) is 0 Å². The number of hydrogen-bond acceptors (Lipinski definition) is 2. The van der Waals surface area contributed by atoms with Crippen LogP contribution in [0, 0.1) is 13.8 Å². The highest BCUT2D eigenvalue weighted by atomic mass is 16.4. The maximum Gasteiger partial charge on any atom is 0.341 e. The molecule has 0 fully saturated rings. The smallest absolute Gasteiger partial charge is 0.341 e. The molecule has 0 saturated heterocycles. The van der Waals surface area contributed by atoms with E-state index in [4.69, 9.17) is 5.11 Å². The van der Waals surface area contributed by atoms with Crippen LogP contribution in [0.1, 0.15) is 41.4 Å². The van der Waals surface area contributed by atoms with E-state index in [1.54, 1.807) is 17.6 Å². The lowest BCUT2D eigenvalue weighted by Gasteiger charge is -2.12. The minimum Gasteiger partial charge on any atom is -0.477 e. The first kappa shape index (κ1) is 12.5. The Bertz CT molecular complexity index is 460. The Morgan fingerprint density at radius 2 is 2.06 bits per heavy atom. The lowest BCUT2D eigenvalue weighted by atomic mass is 10.1. The summed E-state index contributed by atoms with van der Waals surface area (Å²) in [5.41, 5.74) is 0.851. The van der Waals surface area contributed by atoms with Crippen LogP contribution in [-0.2, 0) is 6.54 Å². The number of unbranched alkanes of at least 4 members (excludes halogenated alkanes) is 1. The molecule has 1 aromatic heterocycles. The number of carboxylic acids is 1. The second-order valence-corrected chi connectivity index (χ2v) is 3.96. The second kappa shape index (κ2) is 4.96. The van der Waals surface area contributed by atoms with Gasteiger partial charge in [-0.05, 0) is 31.9 Å². The SMILES string of the molecule is CCCCn1c(C)cc(C)c(C(=O)O)c1=O. The molecule has 0 aliphatic heterocycles. The third-order valence-corrected chi connectivity index (χ3v) is 2.65. The number of nitrogens with zero attached hydrogens (tertiary/aromatic N) is 1. The van der Waals surface area contributed by atoms with Gasteiger partial charge in [-0.25, -0.2) is 4.79 Å². The normalized spacial score (nSPS) is 10.4. The molecule has 1 heterocycles. The van der Waals surface area contributed by atoms with Crippen molar-refractivity contribution in [2.45, 2.75) is 40.2 Å². The van der Waals surface area contributed by atoms with Gasteiger partial charge in [0.2, 0.25) is 0 Å². The second-order valence-electron chi connectivity index (χ2n) is 3.96. The molecule has 0 aliphatic carbocycles. The van der Waals surface area contributed by atoms with E-state index in [9.17, 15) is 9.59 Å². The highest BCUT2D eigenvalue weighted by Gasteiger charge is 2.15. The van der Waals surface area contributed by atoms with Gasteiger partial charge in [-0.15, -0.1) is 0 Å². The zero-order chi connectivity index (χ0) is 12.3. The van der Waals surface area contributed by atoms with Crippen molar-refractivity contribution in [2.75, 3.05) is 0 Å². The summed E-state index contributed by atoms with van der Waals surface area (Å²) in [7, 11) is 0. The van der Waals surface area contributed by atoms with Crippen molar-refractivity contribution in [3.8, 4) is 0 Å². The summed E-state index contributed by atoms with van der Waals surface area (Å²) in [6.07, 6.45) is 1.85. The van der Waals surface area contributed by atoms with Crippen molar-refractivity contribution in [3.63, 3.8) is 0 Å². The molecule has 0 saturated carbocycles. The summed E-state index contributed by atoms with van der Waals surface area (Å²) in [5, 5.41) is 8.97. The van der Waals surface area contributed by atoms with Crippen LogP contribution in [0.4, 0.5) is 0 Å². The van der Waals surface area contributed by atoms with Gasteiger partial charge in [0.15, 0.2) is 0 Å². The average molecular weight is 223 g/mol. The zero-order valence-electron chi connectivity index (χ0n) is 9.91. The molecule has 4 nitrogen and oxygen atoms in total. The molecule has 0 bridgehead atoms. The molecule has 1 rings (SSSR count). The molecule has 0 aliphatic rings. The van der Waals surface area contributed by atoms with E-state index in [0.717, 1.165) is 18.5 Å². The molecule has 0 aromatic carbocycles. The van der Waals surface area contributed by atoms with Crippen molar-refractivity contribution >= 4 is 5.97 Å². The predicted octanol–water partition coefficient (Wildman–Crippen LogP) is 1.96. The first-order valence-electron chi connectivity index (χ1n) is 5.43. The van der Waals surface area contributed by atoms with Gasteiger partial charge in [-0.1, -0.05) is 13.3 Å². The van der Waals surface area contributed by atoms with E-state index in [1.807, 2.05) is 13.8 Å². The Kier molecular flexibility index (Phi) is 3.88. The monoisotopic (exact) mass is 223 g/mol. The van der Waals surface area contributed by atoms with Gasteiger partial charge in [0.1, 0.15) is 5.56 Å². The molecule has 0 atom stereocenters. The number of carboxylic acid groups (broad SMARTS) is 1. The Morgan fingerprint density at radius 1 is 1.44 bits per heavy atom. The molecule has 1 aromatic rings. The summed E-state index contributed by atoms with van der Waals surface area (Å²) < 4.78 is 1.54. The maximum absolute atomic E-state index is 11.9. The highest BCUT2D eigenvalue weighted by Crippen LogP contribution is 2.07. The fourth-order valence-electron chi connectivity index (χ4n) is 1.78. The van der Waals surface area contributed by atoms with Crippen molar-refractivity contribution in [1.29, 1.82) is 0 Å². The fraction of sp³-hybridized carbons (Fsp3) is 0.500. The lowest BCUT2D eigenvalue weighted by molar-refractivity contribution is 0.0693. The summed E-state index contributed by atoms with van der Waals surface area (Å²) in [6.45, 7) is 6.10. The molecule has 0 unspecified atom stereocenters. The quantitative estimate of drug-likeness (QED) is 0.848. The van der Waals surface area contributed by atoms with Gasteiger partial charge in [-0.2, -0.15) is 0 Å². The van der Waals surface area contributed by atoms with Crippen LogP contribution in [0.2, 0.25) is 0 Å².